The molecular weight excluding hydrogens is 278 g/mol. The number of carbonyl (C=O) groups is 2. The zero-order valence-corrected chi connectivity index (χ0v) is 12.5. The number of benzene rings is 1. The van der Waals surface area contributed by atoms with Crippen LogP contribution in [-0.2, 0) is 4.79 Å². The molecule has 0 bridgehead atoms. The fraction of sp³-hybridized carbons (Fsp3) is 0.429. The molecule has 0 saturated heterocycles. The number of hydrogen-bond donors (Lipinski definition) is 3. The molecule has 0 saturated carbocycles. The summed E-state index contributed by atoms with van der Waals surface area (Å²) in [5.74, 6) is -0.367. The molecule has 1 aromatic rings. The van der Waals surface area contributed by atoms with Gasteiger partial charge >= 0.3 is 0 Å². The summed E-state index contributed by atoms with van der Waals surface area (Å²) in [7, 11) is 1.84. The van der Waals surface area contributed by atoms with Gasteiger partial charge in [0.25, 0.3) is 5.91 Å². The van der Waals surface area contributed by atoms with Crippen molar-refractivity contribution in [2.75, 3.05) is 25.5 Å². The van der Waals surface area contributed by atoms with E-state index in [0.29, 0.717) is 29.2 Å². The molecule has 20 heavy (non-hydrogen) atoms. The van der Waals surface area contributed by atoms with Gasteiger partial charge in [-0.3, -0.25) is 9.59 Å². The summed E-state index contributed by atoms with van der Waals surface area (Å²) in [4.78, 5) is 23.7. The standard InChI is InChI=1S/C14H20ClN3O2/c1-3-17-14(20)11-9-10(15)6-7-12(11)18-13(19)5-4-8-16-2/h6-7,9,16H,3-5,8H2,1-2H3,(H,17,20)(H,18,19). The number of carbonyl (C=O) groups excluding carboxylic acids is 2. The van der Waals surface area contributed by atoms with Crippen LogP contribution in [0.1, 0.15) is 30.1 Å². The molecule has 3 N–H and O–H groups in total. The van der Waals surface area contributed by atoms with Crippen molar-refractivity contribution < 1.29 is 9.59 Å². The highest BCUT2D eigenvalue weighted by Gasteiger charge is 2.13. The fourth-order valence-corrected chi connectivity index (χ4v) is 1.88. The Morgan fingerprint density at radius 2 is 2.05 bits per heavy atom. The van der Waals surface area contributed by atoms with Gasteiger partial charge in [0.15, 0.2) is 0 Å². The Labute approximate surface area is 124 Å². The van der Waals surface area contributed by atoms with Gasteiger partial charge in [0.1, 0.15) is 0 Å². The number of halogens is 1. The van der Waals surface area contributed by atoms with Crippen molar-refractivity contribution in [3.05, 3.63) is 28.8 Å². The summed E-state index contributed by atoms with van der Waals surface area (Å²) >= 11 is 5.90. The summed E-state index contributed by atoms with van der Waals surface area (Å²) in [5.41, 5.74) is 0.858. The van der Waals surface area contributed by atoms with Crippen molar-refractivity contribution in [3.8, 4) is 0 Å². The van der Waals surface area contributed by atoms with E-state index in [1.807, 2.05) is 14.0 Å². The van der Waals surface area contributed by atoms with E-state index in [1.165, 1.54) is 0 Å². The molecule has 1 aromatic carbocycles. The van der Waals surface area contributed by atoms with Crippen LogP contribution in [0.4, 0.5) is 5.69 Å². The van der Waals surface area contributed by atoms with Gasteiger partial charge in [0.05, 0.1) is 11.3 Å². The van der Waals surface area contributed by atoms with E-state index in [2.05, 4.69) is 16.0 Å². The molecule has 6 heteroatoms. The Morgan fingerprint density at radius 1 is 1.30 bits per heavy atom. The van der Waals surface area contributed by atoms with Crippen molar-refractivity contribution in [3.63, 3.8) is 0 Å². The lowest BCUT2D eigenvalue weighted by molar-refractivity contribution is -0.116. The van der Waals surface area contributed by atoms with Crippen molar-refractivity contribution in [1.82, 2.24) is 10.6 Å². The molecule has 0 aromatic heterocycles. The molecule has 0 radical (unpaired) electrons. The first-order valence-electron chi connectivity index (χ1n) is 6.60. The van der Waals surface area contributed by atoms with Gasteiger partial charge in [0.2, 0.25) is 5.91 Å². The molecule has 2 amide bonds. The second kappa shape index (κ2) is 8.55. The normalized spacial score (nSPS) is 10.2. The number of hydrogen-bond acceptors (Lipinski definition) is 3. The maximum absolute atomic E-state index is 11.9. The molecule has 0 fully saturated rings. The van der Waals surface area contributed by atoms with Crippen LogP contribution in [-0.4, -0.2) is 32.0 Å². The van der Waals surface area contributed by atoms with Crippen LogP contribution in [0.3, 0.4) is 0 Å². The lowest BCUT2D eigenvalue weighted by Gasteiger charge is -2.11. The molecule has 0 spiro atoms. The topological polar surface area (TPSA) is 70.2 Å². The smallest absolute Gasteiger partial charge is 0.253 e. The molecule has 110 valence electrons. The maximum atomic E-state index is 11.9. The minimum Gasteiger partial charge on any atom is -0.352 e. The SMILES string of the molecule is CCNC(=O)c1cc(Cl)ccc1NC(=O)CCCNC. The van der Waals surface area contributed by atoms with Gasteiger partial charge in [-0.2, -0.15) is 0 Å². The summed E-state index contributed by atoms with van der Waals surface area (Å²) in [6, 6.07) is 4.84. The molecule has 0 aliphatic rings. The van der Waals surface area contributed by atoms with Crippen LogP contribution >= 0.6 is 11.6 Å². The number of nitrogens with one attached hydrogen (secondary N) is 3. The third kappa shape index (κ3) is 5.19. The Bertz CT molecular complexity index is 477. The van der Waals surface area contributed by atoms with E-state index in [4.69, 9.17) is 11.6 Å². The van der Waals surface area contributed by atoms with Crippen LogP contribution in [0.2, 0.25) is 5.02 Å². The first-order valence-corrected chi connectivity index (χ1v) is 6.98. The summed E-state index contributed by atoms with van der Waals surface area (Å²) in [6.45, 7) is 3.12. The molecule has 5 nitrogen and oxygen atoms in total. The number of anilines is 1. The minimum absolute atomic E-state index is 0.117. The molecule has 0 aliphatic carbocycles. The van der Waals surface area contributed by atoms with Crippen LogP contribution in [0.5, 0.6) is 0 Å². The van der Waals surface area contributed by atoms with Gasteiger partial charge in [-0.25, -0.2) is 0 Å². The van der Waals surface area contributed by atoms with Gasteiger partial charge in [-0.05, 0) is 45.1 Å². The van der Waals surface area contributed by atoms with E-state index in [0.717, 1.165) is 13.0 Å². The fourth-order valence-electron chi connectivity index (χ4n) is 1.71. The molecular formula is C14H20ClN3O2. The second-order valence-electron chi connectivity index (χ2n) is 4.30. The van der Waals surface area contributed by atoms with Crippen LogP contribution in [0, 0.1) is 0 Å². The van der Waals surface area contributed by atoms with Crippen molar-refractivity contribution in [1.29, 1.82) is 0 Å². The van der Waals surface area contributed by atoms with Crippen LogP contribution < -0.4 is 16.0 Å². The van der Waals surface area contributed by atoms with E-state index in [-0.39, 0.29) is 11.8 Å². The monoisotopic (exact) mass is 297 g/mol. The number of rotatable bonds is 7. The van der Waals surface area contributed by atoms with Gasteiger partial charge in [-0.1, -0.05) is 11.6 Å². The second-order valence-corrected chi connectivity index (χ2v) is 4.74. The van der Waals surface area contributed by atoms with Gasteiger partial charge in [-0.15, -0.1) is 0 Å². The van der Waals surface area contributed by atoms with E-state index in [9.17, 15) is 9.59 Å². The first kappa shape index (κ1) is 16.5. The molecule has 0 aliphatic heterocycles. The largest absolute Gasteiger partial charge is 0.352 e. The molecule has 1 rings (SSSR count). The predicted octanol–water partition coefficient (Wildman–Crippen LogP) is 2.03. The Hall–Kier alpha value is -1.59. The zero-order valence-electron chi connectivity index (χ0n) is 11.8. The first-order chi connectivity index (χ1) is 9.58. The highest BCUT2D eigenvalue weighted by Crippen LogP contribution is 2.21. The van der Waals surface area contributed by atoms with E-state index < -0.39 is 0 Å². The molecule has 0 heterocycles. The van der Waals surface area contributed by atoms with E-state index in [1.54, 1.807) is 18.2 Å². The summed E-state index contributed by atoms with van der Waals surface area (Å²) in [6.07, 6.45) is 1.14. The maximum Gasteiger partial charge on any atom is 0.253 e. The predicted molar refractivity (Wildman–Crippen MR) is 81.2 cm³/mol. The molecule has 0 atom stereocenters. The Morgan fingerprint density at radius 3 is 2.70 bits per heavy atom. The Balaban J connectivity index is 2.78. The average Bonchev–Trinajstić information content (AvgIpc) is 2.41. The quantitative estimate of drug-likeness (QED) is 0.674. The lowest BCUT2D eigenvalue weighted by atomic mass is 10.1. The highest BCUT2D eigenvalue weighted by atomic mass is 35.5. The van der Waals surface area contributed by atoms with Crippen molar-refractivity contribution in [2.24, 2.45) is 0 Å². The third-order valence-electron chi connectivity index (χ3n) is 2.67. The minimum atomic E-state index is -0.250. The van der Waals surface area contributed by atoms with Gasteiger partial charge in [0, 0.05) is 18.0 Å². The molecule has 0 unspecified atom stereocenters. The average molecular weight is 298 g/mol. The highest BCUT2D eigenvalue weighted by molar-refractivity contribution is 6.31. The number of amides is 2. The van der Waals surface area contributed by atoms with Crippen molar-refractivity contribution in [2.45, 2.75) is 19.8 Å². The van der Waals surface area contributed by atoms with Crippen molar-refractivity contribution >= 4 is 29.1 Å². The van der Waals surface area contributed by atoms with E-state index >= 15 is 0 Å². The summed E-state index contributed by atoms with van der Waals surface area (Å²) < 4.78 is 0. The summed E-state index contributed by atoms with van der Waals surface area (Å²) in [5, 5.41) is 8.88. The van der Waals surface area contributed by atoms with Crippen LogP contribution in [0.15, 0.2) is 18.2 Å². The zero-order chi connectivity index (χ0) is 15.0. The van der Waals surface area contributed by atoms with Crippen LogP contribution in [0.25, 0.3) is 0 Å². The van der Waals surface area contributed by atoms with Gasteiger partial charge < -0.3 is 16.0 Å². The third-order valence-corrected chi connectivity index (χ3v) is 2.90. The lowest BCUT2D eigenvalue weighted by Crippen LogP contribution is -2.25. The Kier molecular flexibility index (Phi) is 7.04.